The average Bonchev–Trinajstić information content (AvgIpc) is 4.03. The summed E-state index contributed by atoms with van der Waals surface area (Å²) in [7, 11) is 0. The number of hydrogen-bond acceptors (Lipinski definition) is 11. The first-order valence-corrected chi connectivity index (χ1v) is 20.0. The van der Waals surface area contributed by atoms with Gasteiger partial charge in [0.05, 0.1) is 33.5 Å². The van der Waals surface area contributed by atoms with Crippen molar-refractivity contribution in [3.05, 3.63) is 82.4 Å². The van der Waals surface area contributed by atoms with E-state index in [1.54, 1.807) is 39.7 Å². The number of alkyl halides is 9. The quantitative estimate of drug-likeness (QED) is 0.0525. The topological polar surface area (TPSA) is 310 Å². The fourth-order valence-electron chi connectivity index (χ4n) is 6.11. The van der Waals surface area contributed by atoms with Gasteiger partial charge in [0.1, 0.15) is 11.4 Å². The molecule has 0 radical (unpaired) electrons. The number of benzene rings is 2. The predicted molar refractivity (Wildman–Crippen MR) is 227 cm³/mol. The second kappa shape index (κ2) is 23.3. The van der Waals surface area contributed by atoms with Gasteiger partial charge in [0.15, 0.2) is 0 Å². The molecule has 4 heterocycles. The number of nitrogens with one attached hydrogen (secondary N) is 2. The van der Waals surface area contributed by atoms with Crippen molar-refractivity contribution >= 4 is 69.6 Å². The number of halogens is 9. The van der Waals surface area contributed by atoms with Crippen molar-refractivity contribution in [2.75, 3.05) is 10.6 Å². The van der Waals surface area contributed by atoms with Crippen molar-refractivity contribution in [2.45, 2.75) is 91.8 Å². The van der Waals surface area contributed by atoms with Crippen LogP contribution in [0.25, 0.3) is 22.1 Å². The predicted octanol–water partition coefficient (Wildman–Crippen LogP) is 5.88. The van der Waals surface area contributed by atoms with E-state index in [0.29, 0.717) is 79.9 Å². The zero-order valence-electron chi connectivity index (χ0n) is 37.0. The number of aliphatic carboxylic acids is 3. The molecule has 0 bridgehead atoms. The molecule has 0 spiro atoms. The smallest absolute Gasteiger partial charge is 0.475 e. The number of anilines is 2. The molecule has 6 aromatic rings. The maximum absolute atomic E-state index is 13.4. The second-order valence-electron chi connectivity index (χ2n) is 14.2. The first-order chi connectivity index (χ1) is 32.4. The van der Waals surface area contributed by atoms with Crippen LogP contribution in [0.3, 0.4) is 0 Å². The molecule has 70 heavy (non-hydrogen) atoms. The highest BCUT2D eigenvalue weighted by molar-refractivity contribution is 6.04. The number of primary amides is 1. The molecule has 4 aromatic heterocycles. The van der Waals surface area contributed by atoms with Crippen molar-refractivity contribution in [3.8, 4) is 0 Å². The third-order valence-electron chi connectivity index (χ3n) is 9.18. The number of carbonyl (C=O) groups excluding carboxylic acids is 3. The van der Waals surface area contributed by atoms with Crippen LogP contribution in [0.2, 0.25) is 0 Å². The Morgan fingerprint density at radius 2 is 1.04 bits per heavy atom. The molecule has 0 aliphatic carbocycles. The molecule has 30 heteroatoms. The number of imidazole rings is 2. The number of carbonyl (C=O) groups is 6. The van der Waals surface area contributed by atoms with Gasteiger partial charge in [0, 0.05) is 38.3 Å². The molecule has 0 unspecified atom stereocenters. The van der Waals surface area contributed by atoms with Gasteiger partial charge in [-0.3, -0.25) is 34.4 Å². The van der Waals surface area contributed by atoms with Gasteiger partial charge in [-0.2, -0.15) is 49.7 Å². The number of para-hydroxylation sites is 1. The highest BCUT2D eigenvalue weighted by Gasteiger charge is 2.39. The maximum Gasteiger partial charge on any atom is 0.490 e. The van der Waals surface area contributed by atoms with Crippen LogP contribution in [-0.4, -0.2) is 108 Å². The van der Waals surface area contributed by atoms with E-state index in [9.17, 15) is 53.9 Å². The molecule has 0 aliphatic rings. The molecule has 9 N–H and O–H groups in total. The van der Waals surface area contributed by atoms with E-state index < -0.39 is 42.3 Å². The van der Waals surface area contributed by atoms with Crippen LogP contribution in [0.15, 0.2) is 48.5 Å². The van der Waals surface area contributed by atoms with Gasteiger partial charge >= 0.3 is 36.4 Å². The van der Waals surface area contributed by atoms with E-state index in [1.165, 1.54) is 0 Å². The van der Waals surface area contributed by atoms with Gasteiger partial charge in [0.25, 0.3) is 11.8 Å². The number of carboxylic acid groups (broad SMARTS) is 3. The molecule has 0 saturated carbocycles. The third-order valence-corrected chi connectivity index (χ3v) is 9.18. The number of hydrogen-bond donors (Lipinski definition) is 7. The number of carboxylic acids is 3. The Morgan fingerprint density at radius 1 is 0.629 bits per heavy atom. The van der Waals surface area contributed by atoms with Crippen molar-refractivity contribution < 1.29 is 83.6 Å². The maximum atomic E-state index is 13.4. The van der Waals surface area contributed by atoms with Gasteiger partial charge in [0.2, 0.25) is 17.8 Å². The molecule has 0 aliphatic heterocycles. The lowest BCUT2D eigenvalue weighted by Crippen LogP contribution is -2.21. The lowest BCUT2D eigenvalue weighted by Gasteiger charge is -2.13. The van der Waals surface area contributed by atoms with Crippen LogP contribution >= 0.6 is 0 Å². The average molecular weight is 1010 g/mol. The summed E-state index contributed by atoms with van der Waals surface area (Å²) >= 11 is 0. The van der Waals surface area contributed by atoms with Crippen molar-refractivity contribution in [1.29, 1.82) is 0 Å². The van der Waals surface area contributed by atoms with E-state index in [-0.39, 0.29) is 11.8 Å². The molecule has 0 fully saturated rings. The number of fused-ring (bicyclic) bond motifs is 2. The summed E-state index contributed by atoms with van der Waals surface area (Å²) in [6.07, 6.45) is -13.9. The minimum Gasteiger partial charge on any atom is -0.475 e. The summed E-state index contributed by atoms with van der Waals surface area (Å²) in [5.41, 5.74) is 18.0. The highest BCUT2D eigenvalue weighted by atomic mass is 19.4. The summed E-state index contributed by atoms with van der Waals surface area (Å²) < 4.78 is 102. The van der Waals surface area contributed by atoms with Gasteiger partial charge in [-0.1, -0.05) is 12.1 Å². The number of unbranched alkanes of at least 4 members (excludes halogenated alkanes) is 1. The van der Waals surface area contributed by atoms with Crippen molar-refractivity contribution in [2.24, 2.45) is 11.5 Å². The number of aryl methyl sites for hydroxylation is 6. The summed E-state index contributed by atoms with van der Waals surface area (Å²) in [4.78, 5) is 74.9. The van der Waals surface area contributed by atoms with Crippen molar-refractivity contribution in [1.82, 2.24) is 38.7 Å². The van der Waals surface area contributed by atoms with Crippen LogP contribution in [-0.2, 0) is 47.1 Å². The summed E-state index contributed by atoms with van der Waals surface area (Å²) in [5.74, 6) is -8.70. The fraction of sp³-hybridized carbons (Fsp3) is 0.350. The van der Waals surface area contributed by atoms with E-state index in [4.69, 9.17) is 46.2 Å². The van der Waals surface area contributed by atoms with Crippen LogP contribution < -0.4 is 22.1 Å². The van der Waals surface area contributed by atoms with Gasteiger partial charge in [-0.05, 0) is 82.5 Å². The Kier molecular flexibility index (Phi) is 18.7. The first-order valence-electron chi connectivity index (χ1n) is 20.0. The lowest BCUT2D eigenvalue weighted by molar-refractivity contribution is -0.193. The van der Waals surface area contributed by atoms with E-state index >= 15 is 0 Å². The molecule has 0 atom stereocenters. The van der Waals surface area contributed by atoms with Crippen LogP contribution in [0.4, 0.5) is 51.4 Å². The Balaban J connectivity index is 0.000000514. The normalized spacial score (nSPS) is 11.4. The largest absolute Gasteiger partial charge is 0.490 e. The first kappa shape index (κ1) is 56.3. The Hall–Kier alpha value is -8.05. The standard InChI is InChI=1S/C34H40N12O3.3C2HF3O2/c1-5-45-27(16-20(3)41-45)31(48)39-33-37-24-18-22(30(36)47)12-13-25(24)43(33)14-7-8-15-44-26-11-9-10-23(19-35)29(26)38-34(44)40-32(49)28-17-21(4)42-46(28)6-2;3*3-2(4,5)1(6)7/h9-13,16-18H,5-8,14-15,19,35H2,1-4H3,(H2,36,47)(H,37,39,48)(H,38,40,49);3*(H,6,7). The molecule has 21 nitrogen and oxygen atoms in total. The molecular formula is C40H43F9N12O9. The van der Waals surface area contributed by atoms with Gasteiger partial charge < -0.3 is 35.9 Å². The molecule has 6 rings (SSSR count). The number of nitrogens with two attached hydrogens (primary N) is 2. The summed E-state index contributed by atoms with van der Waals surface area (Å²) in [5, 5.41) is 36.1. The minimum atomic E-state index is -5.08. The Bertz CT molecular complexity index is 2810. The Morgan fingerprint density at radius 3 is 1.43 bits per heavy atom. The van der Waals surface area contributed by atoms with Crippen LogP contribution in [0.5, 0.6) is 0 Å². The zero-order valence-corrected chi connectivity index (χ0v) is 37.0. The van der Waals surface area contributed by atoms with E-state index in [0.717, 1.165) is 33.5 Å². The van der Waals surface area contributed by atoms with Gasteiger partial charge in [-0.15, -0.1) is 0 Å². The van der Waals surface area contributed by atoms with E-state index in [1.807, 2.05) is 55.0 Å². The molecule has 2 aromatic carbocycles. The monoisotopic (exact) mass is 1010 g/mol. The van der Waals surface area contributed by atoms with Crippen LogP contribution in [0.1, 0.15) is 75.0 Å². The number of amides is 3. The highest BCUT2D eigenvalue weighted by Crippen LogP contribution is 2.27. The SMILES string of the molecule is CCn1nc(C)cc1C(=O)Nc1nc2cc(C(N)=O)ccc2n1CCCCn1c(NC(=O)c2cc(C)nn2CC)nc2c(CN)cccc21.O=C(O)C(F)(F)F.O=C(O)C(F)(F)F.O=C(O)C(F)(F)F. The Labute approximate surface area is 387 Å². The molecule has 0 saturated heterocycles. The summed E-state index contributed by atoms with van der Waals surface area (Å²) in [6, 6.07) is 14.4. The molecule has 3 amide bonds. The summed E-state index contributed by atoms with van der Waals surface area (Å²) in [6.45, 7) is 9.99. The van der Waals surface area contributed by atoms with E-state index in [2.05, 4.69) is 25.8 Å². The van der Waals surface area contributed by atoms with Crippen molar-refractivity contribution in [3.63, 3.8) is 0 Å². The minimum absolute atomic E-state index is 0.298. The lowest BCUT2D eigenvalue weighted by atomic mass is 10.2. The van der Waals surface area contributed by atoms with Gasteiger partial charge in [-0.25, -0.2) is 24.4 Å². The second-order valence-corrected chi connectivity index (χ2v) is 14.2. The zero-order chi connectivity index (χ0) is 53.1. The third kappa shape index (κ3) is 15.0. The fourth-order valence-corrected chi connectivity index (χ4v) is 6.11. The number of aromatic nitrogens is 8. The van der Waals surface area contributed by atoms with Crippen LogP contribution in [0, 0.1) is 13.8 Å². The molecule has 380 valence electrons. The number of nitrogens with zero attached hydrogens (tertiary/aromatic N) is 8. The number of rotatable bonds is 13. The molecular weight excluding hydrogens is 963 g/mol.